The van der Waals surface area contributed by atoms with Crippen LogP contribution in [0.3, 0.4) is 0 Å². The van der Waals surface area contributed by atoms with Gasteiger partial charge < -0.3 is 15.6 Å². The average Bonchev–Trinajstić information content (AvgIpc) is 2.74. The predicted octanol–water partition coefficient (Wildman–Crippen LogP) is 1.87. The van der Waals surface area contributed by atoms with Gasteiger partial charge in [-0.15, -0.1) is 0 Å². The Kier molecular flexibility index (Phi) is 3.59. The van der Waals surface area contributed by atoms with E-state index in [1.54, 1.807) is 0 Å². The molecule has 86 valence electrons. The van der Waals surface area contributed by atoms with Crippen molar-refractivity contribution in [1.82, 2.24) is 15.6 Å². The number of likely N-dealkylation sites (N-methyl/N-ethyl adjacent to an activating group) is 1. The summed E-state index contributed by atoms with van der Waals surface area (Å²) in [5.41, 5.74) is 2.53. The SMILES string of the molecule is CNCC(C)NCc1ccc2cc[nH]c2c1. The number of benzene rings is 1. The molecule has 0 aliphatic carbocycles. The second-order valence-corrected chi connectivity index (χ2v) is 4.24. The summed E-state index contributed by atoms with van der Waals surface area (Å²) in [7, 11) is 1.98. The van der Waals surface area contributed by atoms with E-state index in [4.69, 9.17) is 0 Å². The van der Waals surface area contributed by atoms with E-state index in [-0.39, 0.29) is 0 Å². The van der Waals surface area contributed by atoms with Crippen LogP contribution in [0.15, 0.2) is 30.5 Å². The summed E-state index contributed by atoms with van der Waals surface area (Å²) >= 11 is 0. The zero-order valence-corrected chi connectivity index (χ0v) is 9.88. The summed E-state index contributed by atoms with van der Waals surface area (Å²) in [5.74, 6) is 0. The minimum Gasteiger partial charge on any atom is -0.361 e. The summed E-state index contributed by atoms with van der Waals surface area (Å²) in [6, 6.07) is 9.12. The summed E-state index contributed by atoms with van der Waals surface area (Å²) in [5, 5.41) is 7.91. The van der Waals surface area contributed by atoms with Crippen LogP contribution >= 0.6 is 0 Å². The molecular formula is C13H19N3. The van der Waals surface area contributed by atoms with E-state index >= 15 is 0 Å². The number of hydrogen-bond donors (Lipinski definition) is 3. The molecule has 0 aliphatic rings. The molecule has 2 aromatic rings. The van der Waals surface area contributed by atoms with Crippen molar-refractivity contribution in [1.29, 1.82) is 0 Å². The van der Waals surface area contributed by atoms with Crippen molar-refractivity contribution >= 4 is 10.9 Å². The Morgan fingerprint density at radius 1 is 1.31 bits per heavy atom. The predicted molar refractivity (Wildman–Crippen MR) is 68.5 cm³/mol. The van der Waals surface area contributed by atoms with E-state index in [0.717, 1.165) is 13.1 Å². The number of nitrogens with one attached hydrogen (secondary N) is 3. The van der Waals surface area contributed by atoms with Crippen LogP contribution in [0, 0.1) is 0 Å². The summed E-state index contributed by atoms with van der Waals surface area (Å²) in [6.07, 6.45) is 1.98. The normalized spacial score (nSPS) is 13.1. The third-order valence-electron chi connectivity index (χ3n) is 2.78. The number of fused-ring (bicyclic) bond motifs is 1. The number of rotatable bonds is 5. The fraction of sp³-hybridized carbons (Fsp3) is 0.385. The molecule has 1 aromatic heterocycles. The van der Waals surface area contributed by atoms with Gasteiger partial charge in [0.25, 0.3) is 0 Å². The molecule has 0 radical (unpaired) electrons. The van der Waals surface area contributed by atoms with E-state index in [2.05, 4.69) is 46.8 Å². The summed E-state index contributed by atoms with van der Waals surface area (Å²) in [6.45, 7) is 4.09. The van der Waals surface area contributed by atoms with Crippen molar-refractivity contribution in [3.63, 3.8) is 0 Å². The number of H-pyrrole nitrogens is 1. The van der Waals surface area contributed by atoms with Gasteiger partial charge in [0.05, 0.1) is 0 Å². The number of aromatic amines is 1. The Bertz CT molecular complexity index is 447. The standard InChI is InChI=1S/C13H19N3/c1-10(8-14-2)16-9-11-3-4-12-5-6-15-13(12)7-11/h3-7,10,14-16H,8-9H2,1-2H3. The highest BCUT2D eigenvalue weighted by Gasteiger charge is 2.01. The molecule has 2 rings (SSSR count). The first kappa shape index (κ1) is 11.2. The Morgan fingerprint density at radius 2 is 2.19 bits per heavy atom. The zero-order valence-electron chi connectivity index (χ0n) is 9.88. The van der Waals surface area contributed by atoms with E-state index in [1.807, 2.05) is 13.2 Å². The van der Waals surface area contributed by atoms with Crippen molar-refractivity contribution in [3.05, 3.63) is 36.0 Å². The maximum Gasteiger partial charge on any atom is 0.0457 e. The van der Waals surface area contributed by atoms with E-state index in [9.17, 15) is 0 Å². The quantitative estimate of drug-likeness (QED) is 0.715. The Labute approximate surface area is 96.2 Å². The van der Waals surface area contributed by atoms with E-state index < -0.39 is 0 Å². The van der Waals surface area contributed by atoms with Gasteiger partial charge in [-0.2, -0.15) is 0 Å². The van der Waals surface area contributed by atoms with Crippen molar-refractivity contribution in [2.45, 2.75) is 19.5 Å². The van der Waals surface area contributed by atoms with Crippen LogP contribution < -0.4 is 10.6 Å². The molecule has 0 fully saturated rings. The van der Waals surface area contributed by atoms with Gasteiger partial charge in [-0.05, 0) is 37.1 Å². The molecule has 1 atom stereocenters. The van der Waals surface area contributed by atoms with Gasteiger partial charge in [-0.1, -0.05) is 12.1 Å². The first-order valence-corrected chi connectivity index (χ1v) is 5.73. The zero-order chi connectivity index (χ0) is 11.4. The van der Waals surface area contributed by atoms with Gasteiger partial charge in [0.1, 0.15) is 0 Å². The minimum absolute atomic E-state index is 0.490. The van der Waals surface area contributed by atoms with Crippen LogP contribution in [-0.2, 0) is 6.54 Å². The van der Waals surface area contributed by atoms with Gasteiger partial charge in [0.2, 0.25) is 0 Å². The molecule has 0 amide bonds. The third-order valence-corrected chi connectivity index (χ3v) is 2.78. The van der Waals surface area contributed by atoms with Crippen LogP contribution in [0.5, 0.6) is 0 Å². The fourth-order valence-electron chi connectivity index (χ4n) is 1.88. The largest absolute Gasteiger partial charge is 0.361 e. The van der Waals surface area contributed by atoms with Gasteiger partial charge in [-0.3, -0.25) is 0 Å². The van der Waals surface area contributed by atoms with E-state index in [0.29, 0.717) is 6.04 Å². The van der Waals surface area contributed by atoms with Gasteiger partial charge in [0.15, 0.2) is 0 Å². The lowest BCUT2D eigenvalue weighted by atomic mass is 10.1. The maximum absolute atomic E-state index is 3.48. The fourth-order valence-corrected chi connectivity index (χ4v) is 1.88. The molecular weight excluding hydrogens is 198 g/mol. The summed E-state index contributed by atoms with van der Waals surface area (Å²) < 4.78 is 0. The average molecular weight is 217 g/mol. The third kappa shape index (κ3) is 2.62. The second-order valence-electron chi connectivity index (χ2n) is 4.24. The first-order chi connectivity index (χ1) is 7.79. The topological polar surface area (TPSA) is 39.8 Å². The van der Waals surface area contributed by atoms with Crippen molar-refractivity contribution in [3.8, 4) is 0 Å². The highest BCUT2D eigenvalue weighted by molar-refractivity contribution is 5.79. The van der Waals surface area contributed by atoms with Crippen molar-refractivity contribution in [2.75, 3.05) is 13.6 Å². The molecule has 3 heteroatoms. The highest BCUT2D eigenvalue weighted by atomic mass is 15.0. The van der Waals surface area contributed by atoms with Crippen LogP contribution in [0.2, 0.25) is 0 Å². The monoisotopic (exact) mass is 217 g/mol. The lowest BCUT2D eigenvalue weighted by Crippen LogP contribution is -2.34. The molecule has 1 heterocycles. The van der Waals surface area contributed by atoms with Crippen LogP contribution in [0.4, 0.5) is 0 Å². The van der Waals surface area contributed by atoms with Crippen LogP contribution in [-0.4, -0.2) is 24.6 Å². The van der Waals surface area contributed by atoms with Gasteiger partial charge in [-0.25, -0.2) is 0 Å². The van der Waals surface area contributed by atoms with E-state index in [1.165, 1.54) is 16.5 Å². The lowest BCUT2D eigenvalue weighted by molar-refractivity contribution is 0.523. The molecule has 3 nitrogen and oxygen atoms in total. The molecule has 0 spiro atoms. The molecule has 0 saturated carbocycles. The van der Waals surface area contributed by atoms with Crippen molar-refractivity contribution in [2.24, 2.45) is 0 Å². The van der Waals surface area contributed by atoms with Gasteiger partial charge in [0, 0.05) is 30.8 Å². The Morgan fingerprint density at radius 3 is 3.00 bits per heavy atom. The smallest absolute Gasteiger partial charge is 0.0457 e. The second kappa shape index (κ2) is 5.14. The number of aromatic nitrogens is 1. The Hall–Kier alpha value is -1.32. The molecule has 0 aliphatic heterocycles. The minimum atomic E-state index is 0.490. The van der Waals surface area contributed by atoms with Gasteiger partial charge >= 0.3 is 0 Å². The molecule has 1 unspecified atom stereocenters. The molecule has 1 aromatic carbocycles. The van der Waals surface area contributed by atoms with Crippen molar-refractivity contribution < 1.29 is 0 Å². The molecule has 0 bridgehead atoms. The lowest BCUT2D eigenvalue weighted by Gasteiger charge is -2.13. The van der Waals surface area contributed by atoms with Crippen LogP contribution in [0.25, 0.3) is 10.9 Å². The molecule has 3 N–H and O–H groups in total. The summed E-state index contributed by atoms with van der Waals surface area (Å²) in [4.78, 5) is 3.23. The first-order valence-electron chi connectivity index (χ1n) is 5.73. The molecule has 16 heavy (non-hydrogen) atoms. The molecule has 0 saturated heterocycles. The maximum atomic E-state index is 3.48. The highest BCUT2D eigenvalue weighted by Crippen LogP contribution is 2.13. The number of hydrogen-bond acceptors (Lipinski definition) is 2. The van der Waals surface area contributed by atoms with Crippen LogP contribution in [0.1, 0.15) is 12.5 Å². The Balaban J connectivity index is 1.98.